The number of carbonyl (C=O) groups is 1. The number of furan rings is 1. The van der Waals surface area contributed by atoms with Crippen molar-refractivity contribution in [2.45, 2.75) is 0 Å². The maximum atomic E-state index is 13.0. The van der Waals surface area contributed by atoms with Gasteiger partial charge in [-0.1, -0.05) is 47.5 Å². The van der Waals surface area contributed by atoms with Gasteiger partial charge in [-0.3, -0.25) is 14.9 Å². The Morgan fingerprint density at radius 3 is 2.65 bits per heavy atom. The summed E-state index contributed by atoms with van der Waals surface area (Å²) in [5, 5.41) is 15.1. The predicted octanol–water partition coefficient (Wildman–Crippen LogP) is 7.69. The van der Waals surface area contributed by atoms with Gasteiger partial charge in [0.1, 0.15) is 10.8 Å². The number of nitrogens with one attached hydrogen (secondary N) is 1. The number of nitro benzene ring substituents is 1. The lowest BCUT2D eigenvalue weighted by Crippen LogP contribution is -2.12. The molecule has 0 saturated heterocycles. The van der Waals surface area contributed by atoms with Gasteiger partial charge in [0.05, 0.1) is 25.8 Å². The van der Waals surface area contributed by atoms with Crippen LogP contribution in [0.15, 0.2) is 77.2 Å². The minimum atomic E-state index is -0.539. The van der Waals surface area contributed by atoms with E-state index < -0.39 is 10.8 Å². The molecule has 2 heterocycles. The number of aromatic nitrogens is 1. The van der Waals surface area contributed by atoms with Crippen molar-refractivity contribution in [1.29, 1.82) is 0 Å². The molecule has 0 spiro atoms. The monoisotopic (exact) mass is 509 g/mol. The third-order valence-electron chi connectivity index (χ3n) is 4.99. The largest absolute Gasteiger partial charge is 0.451 e. The van der Waals surface area contributed by atoms with Gasteiger partial charge in [0.15, 0.2) is 5.76 Å². The number of anilines is 1. The third kappa shape index (κ3) is 4.26. The number of thiazole rings is 1. The van der Waals surface area contributed by atoms with Gasteiger partial charge in [-0.15, -0.1) is 11.3 Å². The standard InChI is InChI=1S/C24H13Cl2N3O4S/c25-14-11-16(24-27-18-6-1-2-7-21(18)34-24)22(17(26)12-14)28-23(30)20-9-8-19(33-20)13-4-3-5-15(10-13)29(31)32/h1-12H,(H,28,30). The average molecular weight is 510 g/mol. The molecular formula is C24H13Cl2N3O4S. The van der Waals surface area contributed by atoms with E-state index in [1.165, 1.54) is 35.6 Å². The van der Waals surface area contributed by atoms with Crippen LogP contribution < -0.4 is 5.32 Å². The highest BCUT2D eigenvalue weighted by atomic mass is 35.5. The van der Waals surface area contributed by atoms with Crippen LogP contribution in [0.3, 0.4) is 0 Å². The second kappa shape index (κ2) is 8.90. The molecule has 7 nitrogen and oxygen atoms in total. The highest BCUT2D eigenvalue weighted by Gasteiger charge is 2.20. The Morgan fingerprint density at radius 2 is 1.85 bits per heavy atom. The summed E-state index contributed by atoms with van der Waals surface area (Å²) in [4.78, 5) is 28.2. The number of hydrogen-bond donors (Lipinski definition) is 1. The smallest absolute Gasteiger partial charge is 0.291 e. The lowest BCUT2D eigenvalue weighted by atomic mass is 10.1. The van der Waals surface area contributed by atoms with E-state index >= 15 is 0 Å². The number of rotatable bonds is 5. The number of hydrogen-bond acceptors (Lipinski definition) is 6. The van der Waals surface area contributed by atoms with E-state index in [4.69, 9.17) is 27.6 Å². The molecule has 0 unspecified atom stereocenters. The Bertz CT molecular complexity index is 1540. The molecule has 3 aromatic carbocycles. The first kappa shape index (κ1) is 22.1. The molecule has 0 aliphatic carbocycles. The molecule has 5 aromatic rings. The van der Waals surface area contributed by atoms with Gasteiger partial charge >= 0.3 is 0 Å². The molecule has 0 radical (unpaired) electrons. The molecule has 0 fully saturated rings. The Hall–Kier alpha value is -3.72. The Labute approximate surface area is 206 Å². The molecule has 10 heteroatoms. The van der Waals surface area contributed by atoms with E-state index in [0.717, 1.165) is 10.2 Å². The number of non-ortho nitro benzene ring substituents is 1. The molecule has 5 rings (SSSR count). The minimum Gasteiger partial charge on any atom is -0.451 e. The maximum absolute atomic E-state index is 13.0. The molecule has 34 heavy (non-hydrogen) atoms. The summed E-state index contributed by atoms with van der Waals surface area (Å²) in [6.45, 7) is 0. The number of carbonyl (C=O) groups excluding carboxylic acids is 1. The van der Waals surface area contributed by atoms with Gasteiger partial charge in [0, 0.05) is 28.3 Å². The average Bonchev–Trinajstić information content (AvgIpc) is 3.48. The normalized spacial score (nSPS) is 11.0. The van der Waals surface area contributed by atoms with E-state index in [9.17, 15) is 14.9 Å². The summed E-state index contributed by atoms with van der Waals surface area (Å²) >= 11 is 14.1. The molecule has 1 N–H and O–H groups in total. The molecule has 0 atom stereocenters. The first-order valence-corrected chi connectivity index (χ1v) is 11.5. The van der Waals surface area contributed by atoms with E-state index in [-0.39, 0.29) is 16.5 Å². The van der Waals surface area contributed by atoms with Crippen LogP contribution in [0.2, 0.25) is 10.0 Å². The van der Waals surface area contributed by atoms with Crippen molar-refractivity contribution in [1.82, 2.24) is 4.98 Å². The van der Waals surface area contributed by atoms with Gasteiger partial charge in [-0.25, -0.2) is 4.98 Å². The molecule has 0 aliphatic heterocycles. The Morgan fingerprint density at radius 1 is 1.03 bits per heavy atom. The van der Waals surface area contributed by atoms with Crippen LogP contribution in [0.1, 0.15) is 10.6 Å². The second-order valence-corrected chi connectivity index (χ2v) is 9.10. The van der Waals surface area contributed by atoms with Crippen LogP contribution in [0, 0.1) is 10.1 Å². The van der Waals surface area contributed by atoms with Gasteiger partial charge in [0.25, 0.3) is 11.6 Å². The lowest BCUT2D eigenvalue weighted by molar-refractivity contribution is -0.384. The van der Waals surface area contributed by atoms with Crippen LogP contribution >= 0.6 is 34.5 Å². The third-order valence-corrected chi connectivity index (χ3v) is 6.58. The zero-order valence-electron chi connectivity index (χ0n) is 17.1. The predicted molar refractivity (Wildman–Crippen MR) is 134 cm³/mol. The number of para-hydroxylation sites is 1. The van der Waals surface area contributed by atoms with Crippen LogP contribution in [-0.2, 0) is 0 Å². The number of amides is 1. The van der Waals surface area contributed by atoms with Crippen molar-refractivity contribution in [2.75, 3.05) is 5.32 Å². The fourth-order valence-electron chi connectivity index (χ4n) is 3.42. The van der Waals surface area contributed by atoms with Crippen LogP contribution in [0.4, 0.5) is 11.4 Å². The highest BCUT2D eigenvalue weighted by Crippen LogP contribution is 2.40. The Balaban J connectivity index is 1.48. The van der Waals surface area contributed by atoms with Gasteiger partial charge < -0.3 is 9.73 Å². The number of halogens is 2. The fourth-order valence-corrected chi connectivity index (χ4v) is 4.95. The Kier molecular flexibility index (Phi) is 5.79. The molecule has 0 saturated carbocycles. The van der Waals surface area contributed by atoms with Crippen molar-refractivity contribution in [2.24, 2.45) is 0 Å². The van der Waals surface area contributed by atoms with Crippen LogP contribution in [0.5, 0.6) is 0 Å². The molecule has 1 amide bonds. The molecule has 0 bridgehead atoms. The van der Waals surface area contributed by atoms with Crippen molar-refractivity contribution in [3.8, 4) is 21.9 Å². The summed E-state index contributed by atoms with van der Waals surface area (Å²) in [5.74, 6) is -0.200. The SMILES string of the molecule is O=C(Nc1c(Cl)cc(Cl)cc1-c1nc2ccccc2s1)c1ccc(-c2cccc([N+](=O)[O-])c2)o1. The number of nitro groups is 1. The fraction of sp³-hybridized carbons (Fsp3) is 0. The second-order valence-electron chi connectivity index (χ2n) is 7.22. The van der Waals surface area contributed by atoms with E-state index in [2.05, 4.69) is 10.3 Å². The summed E-state index contributed by atoms with van der Waals surface area (Å²) in [5.41, 5.74) is 2.16. The summed E-state index contributed by atoms with van der Waals surface area (Å²) < 4.78 is 6.66. The van der Waals surface area contributed by atoms with Crippen molar-refractivity contribution < 1.29 is 14.1 Å². The topological polar surface area (TPSA) is 98.3 Å². The first-order valence-electron chi connectivity index (χ1n) is 9.90. The number of benzene rings is 3. The summed E-state index contributed by atoms with van der Waals surface area (Å²) in [7, 11) is 0. The van der Waals surface area contributed by atoms with Crippen molar-refractivity contribution in [3.05, 3.63) is 98.7 Å². The van der Waals surface area contributed by atoms with Gasteiger partial charge in [0.2, 0.25) is 0 Å². The quantitative estimate of drug-likeness (QED) is 0.193. The van der Waals surface area contributed by atoms with E-state index in [1.807, 2.05) is 24.3 Å². The maximum Gasteiger partial charge on any atom is 0.291 e. The highest BCUT2D eigenvalue weighted by molar-refractivity contribution is 7.21. The van der Waals surface area contributed by atoms with Crippen molar-refractivity contribution >= 4 is 62.0 Å². The molecule has 0 aliphatic rings. The molecule has 2 aromatic heterocycles. The van der Waals surface area contributed by atoms with Crippen molar-refractivity contribution in [3.63, 3.8) is 0 Å². The van der Waals surface area contributed by atoms with Gasteiger partial charge in [-0.05, 0) is 36.4 Å². The number of fused-ring (bicyclic) bond motifs is 1. The zero-order valence-corrected chi connectivity index (χ0v) is 19.4. The van der Waals surface area contributed by atoms with Gasteiger partial charge in [-0.2, -0.15) is 0 Å². The first-order chi connectivity index (χ1) is 16.4. The number of nitrogens with zero attached hydrogens (tertiary/aromatic N) is 2. The van der Waals surface area contributed by atoms with E-state index in [0.29, 0.717) is 32.6 Å². The minimum absolute atomic E-state index is 0.0165. The lowest BCUT2D eigenvalue weighted by Gasteiger charge is -2.11. The molecular weight excluding hydrogens is 497 g/mol. The molecule has 168 valence electrons. The van der Waals surface area contributed by atoms with Crippen LogP contribution in [0.25, 0.3) is 32.1 Å². The van der Waals surface area contributed by atoms with E-state index in [1.54, 1.807) is 24.3 Å². The van der Waals surface area contributed by atoms with Crippen LogP contribution in [-0.4, -0.2) is 15.8 Å². The zero-order chi connectivity index (χ0) is 23.8. The summed E-state index contributed by atoms with van der Waals surface area (Å²) in [6.07, 6.45) is 0. The summed E-state index contributed by atoms with van der Waals surface area (Å²) in [6, 6.07) is 19.9.